The minimum absolute atomic E-state index is 0.108. The van der Waals surface area contributed by atoms with Crippen molar-refractivity contribution in [3.63, 3.8) is 0 Å². The first-order chi connectivity index (χ1) is 12.0. The van der Waals surface area contributed by atoms with Crippen LogP contribution in [0.4, 0.5) is 0 Å². The number of hydrogen-bond acceptors (Lipinski definition) is 4. The lowest BCUT2D eigenvalue weighted by Gasteiger charge is -2.60. The number of aliphatic hydroxyl groups is 1. The molecule has 0 radical (unpaired) electrons. The van der Waals surface area contributed by atoms with E-state index in [1.165, 1.54) is 30.9 Å². The highest BCUT2D eigenvalue weighted by Gasteiger charge is 2.56. The van der Waals surface area contributed by atoms with Crippen LogP contribution in [-0.4, -0.2) is 27.4 Å². The molecule has 0 aromatic heterocycles. The lowest BCUT2D eigenvalue weighted by Crippen LogP contribution is -2.64. The van der Waals surface area contributed by atoms with E-state index in [9.17, 15) is 9.90 Å². The number of rotatable bonds is 5. The first-order valence-corrected chi connectivity index (χ1v) is 9.16. The van der Waals surface area contributed by atoms with Gasteiger partial charge in [-0.3, -0.25) is 10.0 Å². The highest BCUT2D eigenvalue weighted by molar-refractivity contribution is 5.90. The van der Waals surface area contributed by atoms with Gasteiger partial charge in [-0.25, -0.2) is 5.48 Å². The van der Waals surface area contributed by atoms with Gasteiger partial charge in [0.05, 0.1) is 5.60 Å². The molecule has 4 fully saturated rings. The number of carbonyl (C=O) groups excluding carboxylic acids is 1. The second-order valence-corrected chi connectivity index (χ2v) is 8.37. The Hall–Kier alpha value is -1.69. The van der Waals surface area contributed by atoms with Crippen molar-refractivity contribution < 1.29 is 15.1 Å². The molecule has 134 valence electrons. The Morgan fingerprint density at radius 3 is 2.44 bits per heavy atom. The van der Waals surface area contributed by atoms with E-state index in [2.05, 4.69) is 17.4 Å². The Kier molecular flexibility index (Phi) is 4.18. The van der Waals surface area contributed by atoms with Crippen molar-refractivity contribution in [2.75, 3.05) is 0 Å². The monoisotopic (exact) mass is 342 g/mol. The van der Waals surface area contributed by atoms with Crippen LogP contribution < -0.4 is 10.8 Å². The maximum absolute atomic E-state index is 11.0. The molecule has 25 heavy (non-hydrogen) atoms. The molecule has 1 aromatic carbocycles. The van der Waals surface area contributed by atoms with E-state index >= 15 is 0 Å². The summed E-state index contributed by atoms with van der Waals surface area (Å²) in [4.78, 5) is 11.0. The SMILES string of the molecule is O=C(/C=C/c1ccc(CNC23CC4CC(CC(O)(C4)C2)C3)cc1)NO. The number of benzene rings is 1. The van der Waals surface area contributed by atoms with Crippen molar-refractivity contribution in [1.29, 1.82) is 0 Å². The van der Waals surface area contributed by atoms with E-state index in [4.69, 9.17) is 5.21 Å². The topological polar surface area (TPSA) is 81.6 Å². The minimum atomic E-state index is -0.537. The van der Waals surface area contributed by atoms with Crippen molar-refractivity contribution in [1.82, 2.24) is 10.8 Å². The van der Waals surface area contributed by atoms with E-state index in [0.29, 0.717) is 11.8 Å². The van der Waals surface area contributed by atoms with E-state index in [0.717, 1.165) is 31.4 Å². The first kappa shape index (κ1) is 16.8. The Morgan fingerprint density at radius 2 is 1.84 bits per heavy atom. The minimum Gasteiger partial charge on any atom is -0.390 e. The molecule has 2 atom stereocenters. The van der Waals surface area contributed by atoms with Gasteiger partial charge >= 0.3 is 0 Å². The maximum Gasteiger partial charge on any atom is 0.267 e. The second-order valence-electron chi connectivity index (χ2n) is 8.37. The number of hydroxylamine groups is 1. The van der Waals surface area contributed by atoms with Crippen LogP contribution in [0.15, 0.2) is 30.3 Å². The Labute approximate surface area is 148 Å². The maximum atomic E-state index is 11.0. The van der Waals surface area contributed by atoms with Crippen LogP contribution in [0.5, 0.6) is 0 Å². The highest BCUT2D eigenvalue weighted by Crippen LogP contribution is 2.57. The summed E-state index contributed by atoms with van der Waals surface area (Å²) in [6.07, 6.45) is 9.54. The zero-order chi connectivity index (χ0) is 17.5. The van der Waals surface area contributed by atoms with E-state index in [-0.39, 0.29) is 5.54 Å². The van der Waals surface area contributed by atoms with E-state index < -0.39 is 11.5 Å². The molecule has 0 aliphatic heterocycles. The van der Waals surface area contributed by atoms with Gasteiger partial charge in [-0.05, 0) is 67.6 Å². The summed E-state index contributed by atoms with van der Waals surface area (Å²) >= 11 is 0. The number of carbonyl (C=O) groups is 1. The Balaban J connectivity index is 1.39. The zero-order valence-electron chi connectivity index (χ0n) is 14.4. The normalized spacial score (nSPS) is 36.1. The van der Waals surface area contributed by atoms with Crippen LogP contribution in [0.3, 0.4) is 0 Å². The van der Waals surface area contributed by atoms with Crippen LogP contribution in [0, 0.1) is 11.8 Å². The van der Waals surface area contributed by atoms with Gasteiger partial charge in [0, 0.05) is 18.2 Å². The van der Waals surface area contributed by atoms with Gasteiger partial charge in [0.1, 0.15) is 0 Å². The largest absolute Gasteiger partial charge is 0.390 e. The van der Waals surface area contributed by atoms with Crippen molar-refractivity contribution in [2.24, 2.45) is 11.8 Å². The van der Waals surface area contributed by atoms with E-state index in [1.807, 2.05) is 12.1 Å². The summed E-state index contributed by atoms with van der Waals surface area (Å²) < 4.78 is 0. The molecular weight excluding hydrogens is 316 g/mol. The summed E-state index contributed by atoms with van der Waals surface area (Å²) in [6.45, 7) is 0.802. The summed E-state index contributed by atoms with van der Waals surface area (Å²) in [6, 6.07) is 8.04. The summed E-state index contributed by atoms with van der Waals surface area (Å²) in [7, 11) is 0. The molecular formula is C20H26N2O3. The quantitative estimate of drug-likeness (QED) is 0.376. The molecule has 4 saturated carbocycles. The molecule has 4 N–H and O–H groups in total. The molecule has 5 nitrogen and oxygen atoms in total. The molecule has 4 aliphatic rings. The fraction of sp³-hybridized carbons (Fsp3) is 0.550. The summed E-state index contributed by atoms with van der Waals surface area (Å²) in [5, 5.41) is 23.1. The predicted octanol–water partition coefficient (Wildman–Crippen LogP) is 2.38. The van der Waals surface area contributed by atoms with Gasteiger partial charge < -0.3 is 10.4 Å². The average Bonchev–Trinajstić information content (AvgIpc) is 2.56. The molecule has 0 spiro atoms. The van der Waals surface area contributed by atoms with Gasteiger partial charge in [-0.1, -0.05) is 24.3 Å². The van der Waals surface area contributed by atoms with Crippen LogP contribution >= 0.6 is 0 Å². The zero-order valence-corrected chi connectivity index (χ0v) is 14.4. The number of nitrogens with one attached hydrogen (secondary N) is 2. The van der Waals surface area contributed by atoms with Crippen molar-refractivity contribution >= 4 is 12.0 Å². The second kappa shape index (κ2) is 6.24. The van der Waals surface area contributed by atoms with Crippen molar-refractivity contribution in [2.45, 2.75) is 56.2 Å². The highest BCUT2D eigenvalue weighted by atomic mass is 16.5. The van der Waals surface area contributed by atoms with Crippen molar-refractivity contribution in [3.8, 4) is 0 Å². The molecule has 0 heterocycles. The van der Waals surface area contributed by atoms with Gasteiger partial charge in [-0.15, -0.1) is 0 Å². The third-order valence-corrected chi connectivity index (χ3v) is 6.21. The van der Waals surface area contributed by atoms with Crippen LogP contribution in [0.25, 0.3) is 6.08 Å². The third-order valence-electron chi connectivity index (χ3n) is 6.21. The molecule has 1 aromatic rings. The van der Waals surface area contributed by atoms with Gasteiger partial charge in [0.25, 0.3) is 5.91 Å². The van der Waals surface area contributed by atoms with Gasteiger partial charge in [0.15, 0.2) is 0 Å². The fourth-order valence-electron chi connectivity index (χ4n) is 5.67. The van der Waals surface area contributed by atoms with E-state index in [1.54, 1.807) is 11.6 Å². The summed E-state index contributed by atoms with van der Waals surface area (Å²) in [5.74, 6) is 0.832. The van der Waals surface area contributed by atoms with Crippen LogP contribution in [0.2, 0.25) is 0 Å². The van der Waals surface area contributed by atoms with Crippen LogP contribution in [0.1, 0.15) is 49.7 Å². The Morgan fingerprint density at radius 1 is 1.16 bits per heavy atom. The Bertz CT molecular complexity index is 669. The molecule has 1 amide bonds. The molecule has 5 heteroatoms. The predicted molar refractivity (Wildman–Crippen MR) is 94.6 cm³/mol. The smallest absolute Gasteiger partial charge is 0.267 e. The first-order valence-electron chi connectivity index (χ1n) is 9.16. The number of amides is 1. The fourth-order valence-corrected chi connectivity index (χ4v) is 5.67. The standard InChI is InChI=1S/C20H26N2O3/c23-18(22-25)6-5-14-1-3-15(4-2-14)12-21-19-8-16-7-17(9-19)11-20(24,10-16)13-19/h1-6,16-17,21,24-25H,7-13H2,(H,22,23)/b6-5+. The average molecular weight is 342 g/mol. The molecule has 2 unspecified atom stereocenters. The van der Waals surface area contributed by atoms with Crippen molar-refractivity contribution in [3.05, 3.63) is 41.5 Å². The van der Waals surface area contributed by atoms with Crippen LogP contribution in [-0.2, 0) is 11.3 Å². The number of hydrogen-bond donors (Lipinski definition) is 4. The molecule has 0 saturated heterocycles. The summed E-state index contributed by atoms with van der Waals surface area (Å²) in [5.41, 5.74) is 3.37. The molecule has 4 aliphatic carbocycles. The lowest BCUT2D eigenvalue weighted by molar-refractivity contribution is -0.142. The third kappa shape index (κ3) is 3.50. The van der Waals surface area contributed by atoms with Gasteiger partial charge in [0.2, 0.25) is 0 Å². The lowest BCUT2D eigenvalue weighted by atomic mass is 9.51. The molecule has 4 bridgehead atoms. The molecule has 5 rings (SSSR count). The van der Waals surface area contributed by atoms with Gasteiger partial charge in [-0.2, -0.15) is 0 Å².